The van der Waals surface area contributed by atoms with Crippen molar-refractivity contribution in [1.82, 2.24) is 15.6 Å². The lowest BCUT2D eigenvalue weighted by atomic mass is 10.2. The maximum absolute atomic E-state index is 11.9. The third-order valence-electron chi connectivity index (χ3n) is 3.25. The van der Waals surface area contributed by atoms with E-state index >= 15 is 0 Å². The molecule has 1 aromatic heterocycles. The van der Waals surface area contributed by atoms with Gasteiger partial charge in [0.1, 0.15) is 0 Å². The molecular formula is C17H25Cl2N3O2S. The number of carbonyl (C=O) groups excluding carboxylic acids is 1. The van der Waals surface area contributed by atoms with Crippen molar-refractivity contribution in [1.29, 1.82) is 0 Å². The second kappa shape index (κ2) is 14.0. The predicted molar refractivity (Wildman–Crippen MR) is 107 cm³/mol. The summed E-state index contributed by atoms with van der Waals surface area (Å²) in [6.07, 6.45) is 1.15. The number of rotatable bonds is 10. The van der Waals surface area contributed by atoms with Gasteiger partial charge in [-0.15, -0.1) is 36.2 Å². The Hall–Kier alpha value is -1.18. The Labute approximate surface area is 165 Å². The van der Waals surface area contributed by atoms with E-state index in [1.807, 2.05) is 23.6 Å². The van der Waals surface area contributed by atoms with E-state index in [0.717, 1.165) is 30.2 Å². The van der Waals surface area contributed by atoms with Crippen LogP contribution in [-0.4, -0.2) is 44.2 Å². The fourth-order valence-electron chi connectivity index (χ4n) is 2.10. The van der Waals surface area contributed by atoms with Crippen LogP contribution in [0.2, 0.25) is 0 Å². The van der Waals surface area contributed by atoms with Crippen LogP contribution in [0.15, 0.2) is 35.7 Å². The summed E-state index contributed by atoms with van der Waals surface area (Å²) in [4.78, 5) is 16.4. The van der Waals surface area contributed by atoms with E-state index in [-0.39, 0.29) is 30.7 Å². The van der Waals surface area contributed by atoms with E-state index in [1.165, 1.54) is 5.56 Å². The zero-order valence-electron chi connectivity index (χ0n) is 14.2. The van der Waals surface area contributed by atoms with Crippen LogP contribution in [0.5, 0.6) is 0 Å². The van der Waals surface area contributed by atoms with E-state index < -0.39 is 0 Å². The molecule has 140 valence electrons. The van der Waals surface area contributed by atoms with E-state index in [1.54, 1.807) is 18.4 Å². The van der Waals surface area contributed by atoms with E-state index in [2.05, 4.69) is 27.8 Å². The fraction of sp³-hybridized carbons (Fsp3) is 0.412. The summed E-state index contributed by atoms with van der Waals surface area (Å²) in [6, 6.07) is 10.2. The van der Waals surface area contributed by atoms with Gasteiger partial charge >= 0.3 is 0 Å². The van der Waals surface area contributed by atoms with E-state index in [4.69, 9.17) is 4.74 Å². The standard InChI is InChI=1S/C17H23N3O2S.2ClH/c1-22-10-9-18-7-8-19-16(21)12-15-13-23-17(20-15)11-14-5-3-2-4-6-14;;/h2-6,13,18H,7-12H2,1H3,(H,19,21);2*1H. The molecule has 0 saturated carbocycles. The van der Waals surface area contributed by atoms with Gasteiger partial charge in [-0.05, 0) is 5.56 Å². The molecule has 8 heteroatoms. The number of carbonyl (C=O) groups is 1. The Balaban J connectivity index is 0.00000288. The maximum atomic E-state index is 11.9. The number of amides is 1. The van der Waals surface area contributed by atoms with Crippen molar-refractivity contribution >= 4 is 42.1 Å². The highest BCUT2D eigenvalue weighted by Crippen LogP contribution is 2.15. The molecule has 1 heterocycles. The molecule has 5 nitrogen and oxygen atoms in total. The predicted octanol–water partition coefficient (Wildman–Crippen LogP) is 2.47. The molecule has 2 aromatic rings. The van der Waals surface area contributed by atoms with Crippen LogP contribution < -0.4 is 10.6 Å². The van der Waals surface area contributed by atoms with Crippen molar-refractivity contribution < 1.29 is 9.53 Å². The van der Waals surface area contributed by atoms with Gasteiger partial charge in [0.2, 0.25) is 5.91 Å². The van der Waals surface area contributed by atoms with E-state index in [9.17, 15) is 4.79 Å². The van der Waals surface area contributed by atoms with E-state index in [0.29, 0.717) is 19.6 Å². The van der Waals surface area contributed by atoms with Gasteiger partial charge in [-0.3, -0.25) is 4.79 Å². The van der Waals surface area contributed by atoms with Crippen molar-refractivity contribution in [3.05, 3.63) is 52.0 Å². The highest BCUT2D eigenvalue weighted by Gasteiger charge is 2.07. The number of ether oxygens (including phenoxy) is 1. The number of nitrogens with one attached hydrogen (secondary N) is 2. The van der Waals surface area contributed by atoms with Gasteiger partial charge in [0.05, 0.1) is 23.7 Å². The lowest BCUT2D eigenvalue weighted by Crippen LogP contribution is -2.33. The van der Waals surface area contributed by atoms with Crippen molar-refractivity contribution in [2.45, 2.75) is 12.8 Å². The second-order valence-electron chi connectivity index (χ2n) is 5.16. The average Bonchev–Trinajstić information content (AvgIpc) is 2.98. The van der Waals surface area contributed by atoms with Gasteiger partial charge < -0.3 is 15.4 Å². The summed E-state index contributed by atoms with van der Waals surface area (Å²) in [7, 11) is 1.67. The monoisotopic (exact) mass is 405 g/mol. The summed E-state index contributed by atoms with van der Waals surface area (Å²) in [6.45, 7) is 2.83. The molecule has 0 aliphatic rings. The molecule has 1 aromatic carbocycles. The third-order valence-corrected chi connectivity index (χ3v) is 4.14. The quantitative estimate of drug-likeness (QED) is 0.595. The second-order valence-corrected chi connectivity index (χ2v) is 6.11. The highest BCUT2D eigenvalue weighted by molar-refractivity contribution is 7.09. The summed E-state index contributed by atoms with van der Waals surface area (Å²) >= 11 is 1.61. The lowest BCUT2D eigenvalue weighted by Gasteiger charge is -2.05. The molecule has 1 amide bonds. The topological polar surface area (TPSA) is 63.2 Å². The number of nitrogens with zero attached hydrogens (tertiary/aromatic N) is 1. The van der Waals surface area contributed by atoms with Crippen LogP contribution >= 0.6 is 36.2 Å². The normalized spacial score (nSPS) is 9.80. The van der Waals surface area contributed by atoms with Crippen LogP contribution in [0.4, 0.5) is 0 Å². The van der Waals surface area contributed by atoms with Gasteiger partial charge in [-0.25, -0.2) is 4.98 Å². The van der Waals surface area contributed by atoms with Gasteiger partial charge in [0.25, 0.3) is 0 Å². The molecule has 0 bridgehead atoms. The first kappa shape index (κ1) is 23.8. The Morgan fingerprint density at radius 2 is 1.92 bits per heavy atom. The van der Waals surface area contributed by atoms with Crippen molar-refractivity contribution in [3.63, 3.8) is 0 Å². The number of methoxy groups -OCH3 is 1. The molecule has 0 saturated heterocycles. The van der Waals surface area contributed by atoms with Gasteiger partial charge in [0, 0.05) is 38.5 Å². The van der Waals surface area contributed by atoms with Crippen LogP contribution in [0.25, 0.3) is 0 Å². The number of aromatic nitrogens is 1. The van der Waals surface area contributed by atoms with Crippen molar-refractivity contribution in [3.8, 4) is 0 Å². The maximum Gasteiger partial charge on any atom is 0.226 e. The van der Waals surface area contributed by atoms with Crippen molar-refractivity contribution in [2.24, 2.45) is 0 Å². The Kier molecular flexibility index (Phi) is 13.4. The SMILES string of the molecule is COCCNCCNC(=O)Cc1csc(Cc2ccccc2)n1.Cl.Cl. The first-order chi connectivity index (χ1) is 11.3. The van der Waals surface area contributed by atoms with Crippen LogP contribution in [0.3, 0.4) is 0 Å². The first-order valence-electron chi connectivity index (χ1n) is 7.71. The van der Waals surface area contributed by atoms with Crippen LogP contribution in [0.1, 0.15) is 16.3 Å². The van der Waals surface area contributed by atoms with Gasteiger partial charge in [-0.2, -0.15) is 0 Å². The number of hydrogen-bond acceptors (Lipinski definition) is 5. The Morgan fingerprint density at radius 1 is 1.16 bits per heavy atom. The largest absolute Gasteiger partial charge is 0.383 e. The molecule has 0 unspecified atom stereocenters. The molecule has 0 aliphatic carbocycles. The minimum atomic E-state index is 0. The van der Waals surface area contributed by atoms with Gasteiger partial charge in [0.15, 0.2) is 0 Å². The third kappa shape index (κ3) is 9.77. The zero-order chi connectivity index (χ0) is 16.3. The summed E-state index contributed by atoms with van der Waals surface area (Å²) < 4.78 is 4.94. The first-order valence-corrected chi connectivity index (χ1v) is 8.59. The van der Waals surface area contributed by atoms with Gasteiger partial charge in [-0.1, -0.05) is 30.3 Å². The minimum Gasteiger partial charge on any atom is -0.383 e. The molecule has 25 heavy (non-hydrogen) atoms. The molecule has 0 radical (unpaired) electrons. The molecule has 0 atom stereocenters. The zero-order valence-corrected chi connectivity index (χ0v) is 16.6. The smallest absolute Gasteiger partial charge is 0.226 e. The molecule has 2 rings (SSSR count). The number of hydrogen-bond donors (Lipinski definition) is 2. The summed E-state index contributed by atoms with van der Waals surface area (Å²) in [5, 5.41) is 9.08. The average molecular weight is 406 g/mol. The Morgan fingerprint density at radius 3 is 2.64 bits per heavy atom. The summed E-state index contributed by atoms with van der Waals surface area (Å²) in [5.41, 5.74) is 2.07. The molecule has 2 N–H and O–H groups in total. The van der Waals surface area contributed by atoms with Crippen LogP contribution in [0, 0.1) is 0 Å². The lowest BCUT2D eigenvalue weighted by molar-refractivity contribution is -0.120. The number of thiazole rings is 1. The minimum absolute atomic E-state index is 0. The number of benzene rings is 1. The molecule has 0 spiro atoms. The number of halogens is 2. The fourth-order valence-corrected chi connectivity index (χ4v) is 2.93. The molecular weight excluding hydrogens is 381 g/mol. The molecule has 0 fully saturated rings. The van der Waals surface area contributed by atoms with Crippen LogP contribution in [-0.2, 0) is 22.4 Å². The van der Waals surface area contributed by atoms with Crippen molar-refractivity contribution in [2.75, 3.05) is 33.4 Å². The summed E-state index contributed by atoms with van der Waals surface area (Å²) in [5.74, 6) is 0.00935. The molecule has 0 aliphatic heterocycles. The Bertz CT molecular complexity index is 597. The highest BCUT2D eigenvalue weighted by atomic mass is 35.5.